The maximum Gasteiger partial charge on any atom is 0.220 e. The van der Waals surface area contributed by atoms with Crippen molar-refractivity contribution in [1.29, 1.82) is 0 Å². The van der Waals surface area contributed by atoms with Gasteiger partial charge in [-0.05, 0) is 51.4 Å². The minimum absolute atomic E-state index is 0.0464. The summed E-state index contributed by atoms with van der Waals surface area (Å²) in [6.45, 7) is 4.19. The maximum absolute atomic E-state index is 12.3. The Labute approximate surface area is 254 Å². The van der Waals surface area contributed by atoms with Crippen LogP contribution in [-0.2, 0) is 4.79 Å². The van der Waals surface area contributed by atoms with E-state index in [1.54, 1.807) is 0 Å². The molecule has 0 radical (unpaired) electrons. The molecule has 238 valence electrons. The molecule has 0 spiro atoms. The van der Waals surface area contributed by atoms with E-state index >= 15 is 0 Å². The van der Waals surface area contributed by atoms with Crippen LogP contribution in [0.15, 0.2) is 48.6 Å². The van der Waals surface area contributed by atoms with Crippen LogP contribution in [0.5, 0.6) is 0 Å². The Balaban J connectivity index is 3.58. The van der Waals surface area contributed by atoms with Crippen molar-refractivity contribution in [3.63, 3.8) is 0 Å². The van der Waals surface area contributed by atoms with Crippen molar-refractivity contribution in [3.05, 3.63) is 48.6 Å². The van der Waals surface area contributed by atoms with Crippen LogP contribution >= 0.6 is 0 Å². The Morgan fingerprint density at radius 3 is 1.61 bits per heavy atom. The Bertz CT molecular complexity index is 667. The van der Waals surface area contributed by atoms with Crippen molar-refractivity contribution < 1.29 is 15.0 Å². The number of unbranched alkanes of at least 4 members (excludes halogenated alkanes) is 15. The summed E-state index contributed by atoms with van der Waals surface area (Å²) < 4.78 is 0. The molecule has 3 N–H and O–H groups in total. The highest BCUT2D eigenvalue weighted by Crippen LogP contribution is 2.13. The topological polar surface area (TPSA) is 69.6 Å². The smallest absolute Gasteiger partial charge is 0.220 e. The van der Waals surface area contributed by atoms with Crippen LogP contribution in [0.3, 0.4) is 0 Å². The first-order valence-electron chi connectivity index (χ1n) is 17.3. The molecule has 4 heteroatoms. The van der Waals surface area contributed by atoms with E-state index in [1.165, 1.54) is 83.5 Å². The molecule has 0 heterocycles. The average Bonchev–Trinajstić information content (AvgIpc) is 2.97. The van der Waals surface area contributed by atoms with E-state index in [-0.39, 0.29) is 12.5 Å². The zero-order chi connectivity index (χ0) is 30.1. The first kappa shape index (κ1) is 39.4. The minimum atomic E-state index is -0.660. The Morgan fingerprint density at radius 2 is 1.07 bits per heavy atom. The Morgan fingerprint density at radius 1 is 0.610 bits per heavy atom. The molecule has 2 atom stereocenters. The van der Waals surface area contributed by atoms with Gasteiger partial charge in [0.05, 0.1) is 18.8 Å². The van der Waals surface area contributed by atoms with Crippen molar-refractivity contribution in [1.82, 2.24) is 5.32 Å². The number of amides is 1. The lowest BCUT2D eigenvalue weighted by atomic mass is 10.0. The zero-order valence-electron chi connectivity index (χ0n) is 27.0. The number of hydrogen-bond acceptors (Lipinski definition) is 3. The van der Waals surface area contributed by atoms with Gasteiger partial charge in [0.2, 0.25) is 5.91 Å². The van der Waals surface area contributed by atoms with Gasteiger partial charge in [-0.3, -0.25) is 4.79 Å². The van der Waals surface area contributed by atoms with E-state index in [0.717, 1.165) is 51.4 Å². The molecular weight excluding hydrogens is 506 g/mol. The second-order valence-electron chi connectivity index (χ2n) is 11.6. The molecule has 0 aromatic carbocycles. The third-order valence-electron chi connectivity index (χ3n) is 7.60. The predicted molar refractivity (Wildman–Crippen MR) is 179 cm³/mol. The van der Waals surface area contributed by atoms with Gasteiger partial charge >= 0.3 is 0 Å². The van der Waals surface area contributed by atoms with E-state index in [2.05, 4.69) is 67.8 Å². The fourth-order valence-electron chi connectivity index (χ4n) is 4.94. The largest absolute Gasteiger partial charge is 0.394 e. The van der Waals surface area contributed by atoms with Crippen LogP contribution < -0.4 is 5.32 Å². The number of aliphatic hydroxyl groups is 2. The van der Waals surface area contributed by atoms with Crippen molar-refractivity contribution in [2.24, 2.45) is 0 Å². The summed E-state index contributed by atoms with van der Waals surface area (Å²) in [5.41, 5.74) is 0. The number of nitrogens with one attached hydrogen (secondary N) is 1. The summed E-state index contributed by atoms with van der Waals surface area (Å²) in [6.07, 6.45) is 43.1. The summed E-state index contributed by atoms with van der Waals surface area (Å²) in [5.74, 6) is -0.0464. The fraction of sp³-hybridized carbons (Fsp3) is 0.757. The van der Waals surface area contributed by atoms with Crippen molar-refractivity contribution in [2.75, 3.05) is 6.61 Å². The SMILES string of the molecule is CC/C=C\C/C=C\C/C=C\C/C=C\CCCCCCCCCCC(=O)NC(CO)C(O)CCCCCCCCCC. The van der Waals surface area contributed by atoms with Gasteiger partial charge in [-0.15, -0.1) is 0 Å². The molecule has 0 rings (SSSR count). The van der Waals surface area contributed by atoms with Crippen molar-refractivity contribution in [3.8, 4) is 0 Å². The molecule has 41 heavy (non-hydrogen) atoms. The van der Waals surface area contributed by atoms with Gasteiger partial charge in [0.1, 0.15) is 0 Å². The zero-order valence-corrected chi connectivity index (χ0v) is 27.0. The Kier molecular flexibility index (Phi) is 31.5. The van der Waals surface area contributed by atoms with Crippen LogP contribution in [0.2, 0.25) is 0 Å². The molecule has 0 aliphatic heterocycles. The van der Waals surface area contributed by atoms with E-state index in [4.69, 9.17) is 0 Å². The van der Waals surface area contributed by atoms with Gasteiger partial charge in [0, 0.05) is 6.42 Å². The third-order valence-corrected chi connectivity index (χ3v) is 7.60. The van der Waals surface area contributed by atoms with Gasteiger partial charge in [0.15, 0.2) is 0 Å². The van der Waals surface area contributed by atoms with Crippen LogP contribution in [0.25, 0.3) is 0 Å². The number of carbonyl (C=O) groups excluding carboxylic acids is 1. The molecule has 0 aromatic heterocycles. The lowest BCUT2D eigenvalue weighted by Crippen LogP contribution is -2.45. The fourth-order valence-corrected chi connectivity index (χ4v) is 4.94. The first-order chi connectivity index (χ1) is 20.2. The third kappa shape index (κ3) is 29.6. The lowest BCUT2D eigenvalue weighted by Gasteiger charge is -2.22. The van der Waals surface area contributed by atoms with Gasteiger partial charge in [-0.25, -0.2) is 0 Å². The molecule has 0 aromatic rings. The molecule has 0 fully saturated rings. The van der Waals surface area contributed by atoms with Gasteiger partial charge in [-0.1, -0.05) is 152 Å². The standard InChI is InChI=1S/C37H67NO3/c1-3-5-7-9-11-13-14-15-16-17-18-19-20-21-22-23-24-25-27-29-31-33-37(41)38-35(34-39)36(40)32-30-28-26-12-10-8-6-4-2/h5,7,11,13,15-16,18-19,35-36,39-40H,3-4,6,8-10,12,14,17,20-34H2,1-2H3,(H,38,41)/b7-5-,13-11-,16-15-,19-18-. The van der Waals surface area contributed by atoms with E-state index in [9.17, 15) is 15.0 Å². The molecule has 0 saturated carbocycles. The van der Waals surface area contributed by atoms with E-state index in [1.807, 2.05) is 0 Å². The summed E-state index contributed by atoms with van der Waals surface area (Å²) in [5, 5.41) is 22.9. The predicted octanol–water partition coefficient (Wildman–Crippen LogP) is 10.1. The molecule has 0 aliphatic rings. The minimum Gasteiger partial charge on any atom is -0.394 e. The van der Waals surface area contributed by atoms with Crippen LogP contribution in [0.4, 0.5) is 0 Å². The van der Waals surface area contributed by atoms with Crippen molar-refractivity contribution >= 4 is 5.91 Å². The summed E-state index contributed by atoms with van der Waals surface area (Å²) in [4.78, 5) is 12.3. The maximum atomic E-state index is 12.3. The molecule has 0 saturated heterocycles. The summed E-state index contributed by atoms with van der Waals surface area (Å²) in [7, 11) is 0. The quantitative estimate of drug-likeness (QED) is 0.0591. The van der Waals surface area contributed by atoms with Crippen LogP contribution in [0, 0.1) is 0 Å². The molecule has 0 bridgehead atoms. The van der Waals surface area contributed by atoms with E-state index in [0.29, 0.717) is 12.8 Å². The summed E-state index contributed by atoms with van der Waals surface area (Å²) in [6, 6.07) is -0.538. The number of aliphatic hydroxyl groups excluding tert-OH is 2. The highest BCUT2D eigenvalue weighted by atomic mass is 16.3. The molecule has 2 unspecified atom stereocenters. The van der Waals surface area contributed by atoms with Gasteiger partial charge in [-0.2, -0.15) is 0 Å². The lowest BCUT2D eigenvalue weighted by molar-refractivity contribution is -0.123. The molecule has 4 nitrogen and oxygen atoms in total. The molecular formula is C37H67NO3. The normalized spacial score (nSPS) is 13.8. The number of rotatable bonds is 30. The number of allylic oxidation sites excluding steroid dienone is 8. The van der Waals surface area contributed by atoms with E-state index < -0.39 is 12.1 Å². The highest BCUT2D eigenvalue weighted by molar-refractivity contribution is 5.76. The monoisotopic (exact) mass is 574 g/mol. The second-order valence-corrected chi connectivity index (χ2v) is 11.6. The van der Waals surface area contributed by atoms with Crippen LogP contribution in [0.1, 0.15) is 162 Å². The van der Waals surface area contributed by atoms with Crippen LogP contribution in [-0.4, -0.2) is 34.9 Å². The molecule has 0 aliphatic carbocycles. The molecule has 1 amide bonds. The van der Waals surface area contributed by atoms with Gasteiger partial charge < -0.3 is 15.5 Å². The first-order valence-corrected chi connectivity index (χ1v) is 17.3. The van der Waals surface area contributed by atoms with Gasteiger partial charge in [0.25, 0.3) is 0 Å². The average molecular weight is 574 g/mol. The number of hydrogen-bond donors (Lipinski definition) is 3. The summed E-state index contributed by atoms with van der Waals surface area (Å²) >= 11 is 0. The second kappa shape index (κ2) is 32.9. The Hall–Kier alpha value is -1.65. The highest BCUT2D eigenvalue weighted by Gasteiger charge is 2.19. The number of carbonyl (C=O) groups is 1. The van der Waals surface area contributed by atoms with Crippen molar-refractivity contribution in [2.45, 2.75) is 174 Å².